The molecular formula is C14H18Cl2N2O2. The van der Waals surface area contributed by atoms with Gasteiger partial charge in [0.2, 0.25) is 0 Å². The van der Waals surface area contributed by atoms with Gasteiger partial charge in [-0.1, -0.05) is 23.7 Å². The van der Waals surface area contributed by atoms with Crippen LogP contribution in [0.2, 0.25) is 5.02 Å². The zero-order valence-electron chi connectivity index (χ0n) is 11.0. The molecule has 4 nitrogen and oxygen atoms in total. The number of fused-ring (bicyclic) bond motifs is 1. The normalized spacial score (nSPS) is 24.1. The highest BCUT2D eigenvalue weighted by Gasteiger charge is 2.37. The van der Waals surface area contributed by atoms with E-state index in [1.165, 1.54) is 0 Å². The van der Waals surface area contributed by atoms with Crippen LogP contribution in [0.5, 0.6) is 5.75 Å². The van der Waals surface area contributed by atoms with Crippen molar-refractivity contribution in [3.05, 3.63) is 29.3 Å². The number of hydrogen-bond donors (Lipinski definition) is 1. The number of carbonyl (C=O) groups excluding carboxylic acids is 1. The molecule has 3 rings (SSSR count). The molecule has 20 heavy (non-hydrogen) atoms. The number of benzene rings is 1. The number of nitrogens with zero attached hydrogens (tertiary/aromatic N) is 1. The van der Waals surface area contributed by atoms with Gasteiger partial charge >= 0.3 is 0 Å². The van der Waals surface area contributed by atoms with Crippen LogP contribution in [-0.4, -0.2) is 43.6 Å². The zero-order valence-corrected chi connectivity index (χ0v) is 12.6. The van der Waals surface area contributed by atoms with E-state index in [-0.39, 0.29) is 24.9 Å². The monoisotopic (exact) mass is 316 g/mol. The summed E-state index contributed by atoms with van der Waals surface area (Å²) in [6, 6.07) is 7.22. The number of likely N-dealkylation sites (tertiary alicyclic amines) is 1. The Morgan fingerprint density at radius 1 is 1.30 bits per heavy atom. The lowest BCUT2D eigenvalue weighted by molar-refractivity contribution is -0.132. The van der Waals surface area contributed by atoms with E-state index in [0.29, 0.717) is 22.6 Å². The lowest BCUT2D eigenvalue weighted by Crippen LogP contribution is -2.35. The fourth-order valence-corrected chi connectivity index (χ4v) is 3.04. The summed E-state index contributed by atoms with van der Waals surface area (Å²) in [5.74, 6) is 1.85. The van der Waals surface area contributed by atoms with Crippen molar-refractivity contribution in [1.82, 2.24) is 10.2 Å². The van der Waals surface area contributed by atoms with Crippen molar-refractivity contribution < 1.29 is 9.53 Å². The molecule has 2 saturated heterocycles. The predicted molar refractivity (Wildman–Crippen MR) is 80.6 cm³/mol. The minimum atomic E-state index is 0. The first-order valence-electron chi connectivity index (χ1n) is 6.60. The Labute approximate surface area is 129 Å². The van der Waals surface area contributed by atoms with E-state index in [9.17, 15) is 4.79 Å². The number of rotatable bonds is 3. The van der Waals surface area contributed by atoms with E-state index in [2.05, 4.69) is 5.32 Å². The number of halogens is 2. The smallest absolute Gasteiger partial charge is 0.260 e. The van der Waals surface area contributed by atoms with Crippen molar-refractivity contribution in [1.29, 1.82) is 0 Å². The van der Waals surface area contributed by atoms with Crippen LogP contribution < -0.4 is 10.1 Å². The minimum absolute atomic E-state index is 0. The number of para-hydroxylation sites is 1. The Morgan fingerprint density at radius 3 is 2.60 bits per heavy atom. The third kappa shape index (κ3) is 3.19. The first-order chi connectivity index (χ1) is 9.24. The fourth-order valence-electron chi connectivity index (χ4n) is 2.85. The Morgan fingerprint density at radius 2 is 1.95 bits per heavy atom. The molecule has 2 atom stereocenters. The molecule has 0 saturated carbocycles. The number of nitrogens with one attached hydrogen (secondary N) is 1. The van der Waals surface area contributed by atoms with Gasteiger partial charge in [0.25, 0.3) is 5.91 Å². The highest BCUT2D eigenvalue weighted by molar-refractivity contribution is 6.32. The second-order valence-corrected chi connectivity index (χ2v) is 5.60. The van der Waals surface area contributed by atoms with Gasteiger partial charge in [-0.2, -0.15) is 0 Å². The van der Waals surface area contributed by atoms with Gasteiger partial charge in [0.05, 0.1) is 5.02 Å². The fraction of sp³-hybridized carbons (Fsp3) is 0.500. The van der Waals surface area contributed by atoms with Gasteiger partial charge in [-0.15, -0.1) is 12.4 Å². The molecule has 1 N–H and O–H groups in total. The molecule has 0 unspecified atom stereocenters. The molecule has 1 amide bonds. The third-order valence-electron chi connectivity index (χ3n) is 3.93. The van der Waals surface area contributed by atoms with E-state index in [1.54, 1.807) is 12.1 Å². The van der Waals surface area contributed by atoms with Crippen LogP contribution in [0.4, 0.5) is 0 Å². The summed E-state index contributed by atoms with van der Waals surface area (Å²) in [6.07, 6.45) is 0. The largest absolute Gasteiger partial charge is 0.482 e. The van der Waals surface area contributed by atoms with Gasteiger partial charge in [0.1, 0.15) is 5.75 Å². The van der Waals surface area contributed by atoms with E-state index < -0.39 is 0 Å². The Bertz CT molecular complexity index is 472. The van der Waals surface area contributed by atoms with E-state index in [0.717, 1.165) is 26.2 Å². The number of carbonyl (C=O) groups is 1. The lowest BCUT2D eigenvalue weighted by atomic mass is 10.0. The Kier molecular flexibility index (Phi) is 5.13. The number of ether oxygens (including phenoxy) is 1. The Hall–Kier alpha value is -0.970. The molecule has 0 radical (unpaired) electrons. The van der Waals surface area contributed by atoms with Crippen molar-refractivity contribution in [3.63, 3.8) is 0 Å². The van der Waals surface area contributed by atoms with Crippen molar-refractivity contribution in [3.8, 4) is 5.75 Å². The Balaban J connectivity index is 0.00000147. The summed E-state index contributed by atoms with van der Waals surface area (Å²) in [7, 11) is 0. The molecule has 1 aromatic carbocycles. The van der Waals surface area contributed by atoms with Gasteiger partial charge in [-0.05, 0) is 24.0 Å². The average molecular weight is 317 g/mol. The van der Waals surface area contributed by atoms with Crippen LogP contribution >= 0.6 is 24.0 Å². The quantitative estimate of drug-likeness (QED) is 0.925. The van der Waals surface area contributed by atoms with Crippen molar-refractivity contribution in [2.24, 2.45) is 11.8 Å². The SMILES string of the molecule is Cl.O=C(COc1ccccc1Cl)N1C[C@H]2CNC[C@H]2C1. The zero-order chi connectivity index (χ0) is 13.2. The molecule has 110 valence electrons. The van der Waals surface area contributed by atoms with E-state index in [1.807, 2.05) is 17.0 Å². The van der Waals surface area contributed by atoms with Crippen LogP contribution in [0.3, 0.4) is 0 Å². The highest BCUT2D eigenvalue weighted by Crippen LogP contribution is 2.27. The maximum absolute atomic E-state index is 12.1. The molecule has 0 aromatic heterocycles. The first kappa shape index (κ1) is 15.4. The van der Waals surface area contributed by atoms with Crippen LogP contribution in [0.15, 0.2) is 24.3 Å². The van der Waals surface area contributed by atoms with Crippen LogP contribution in [0.25, 0.3) is 0 Å². The lowest BCUT2D eigenvalue weighted by Gasteiger charge is -2.18. The van der Waals surface area contributed by atoms with Crippen molar-refractivity contribution in [2.45, 2.75) is 0 Å². The second kappa shape index (κ2) is 6.66. The van der Waals surface area contributed by atoms with Gasteiger partial charge in [-0.25, -0.2) is 0 Å². The van der Waals surface area contributed by atoms with Crippen LogP contribution in [0, 0.1) is 11.8 Å². The van der Waals surface area contributed by atoms with Crippen LogP contribution in [0.1, 0.15) is 0 Å². The maximum Gasteiger partial charge on any atom is 0.260 e. The van der Waals surface area contributed by atoms with Gasteiger partial charge in [-0.3, -0.25) is 4.79 Å². The third-order valence-corrected chi connectivity index (χ3v) is 4.24. The number of hydrogen-bond acceptors (Lipinski definition) is 3. The topological polar surface area (TPSA) is 41.6 Å². The summed E-state index contributed by atoms with van der Waals surface area (Å²) >= 11 is 5.99. The molecule has 2 fully saturated rings. The summed E-state index contributed by atoms with van der Waals surface area (Å²) < 4.78 is 5.49. The van der Waals surface area contributed by atoms with Gasteiger partial charge in [0.15, 0.2) is 6.61 Å². The first-order valence-corrected chi connectivity index (χ1v) is 6.97. The molecule has 6 heteroatoms. The summed E-state index contributed by atoms with van der Waals surface area (Å²) in [4.78, 5) is 14.0. The standard InChI is InChI=1S/C14H17ClN2O2.ClH/c15-12-3-1-2-4-13(12)19-9-14(18)17-7-10-5-16-6-11(10)8-17;/h1-4,10-11,16H,5-9H2;1H/t10-,11+;. The molecule has 0 aliphatic carbocycles. The van der Waals surface area contributed by atoms with E-state index in [4.69, 9.17) is 16.3 Å². The second-order valence-electron chi connectivity index (χ2n) is 5.20. The maximum atomic E-state index is 12.1. The number of amides is 1. The molecule has 2 aliphatic heterocycles. The molecule has 2 aliphatic rings. The summed E-state index contributed by atoms with van der Waals surface area (Å²) in [5.41, 5.74) is 0. The predicted octanol–water partition coefficient (Wildman–Crippen LogP) is 1.82. The van der Waals surface area contributed by atoms with Crippen molar-refractivity contribution >= 4 is 29.9 Å². The summed E-state index contributed by atoms with van der Waals surface area (Å²) in [6.45, 7) is 3.82. The molecule has 1 aromatic rings. The van der Waals surface area contributed by atoms with Crippen molar-refractivity contribution in [2.75, 3.05) is 32.8 Å². The molecule has 2 heterocycles. The molecule has 0 spiro atoms. The van der Waals surface area contributed by atoms with Gasteiger partial charge in [0, 0.05) is 26.2 Å². The minimum Gasteiger partial charge on any atom is -0.482 e. The van der Waals surface area contributed by atoms with Gasteiger partial charge < -0.3 is 15.0 Å². The molecule has 0 bridgehead atoms. The summed E-state index contributed by atoms with van der Waals surface area (Å²) in [5, 5.41) is 3.90. The van der Waals surface area contributed by atoms with E-state index >= 15 is 0 Å². The van der Waals surface area contributed by atoms with Crippen LogP contribution in [-0.2, 0) is 4.79 Å². The molecular weight excluding hydrogens is 299 g/mol. The highest BCUT2D eigenvalue weighted by atomic mass is 35.5. The average Bonchev–Trinajstić information content (AvgIpc) is 2.98.